The normalized spacial score (nSPS) is 14.6. The first-order valence-corrected chi connectivity index (χ1v) is 12.2. The largest absolute Gasteiger partial charge is 0.379 e. The third kappa shape index (κ3) is 5.79. The number of hydrogen-bond donors (Lipinski definition) is 0. The van der Waals surface area contributed by atoms with Crippen LogP contribution in [0.1, 0.15) is 17.5 Å². The van der Waals surface area contributed by atoms with Gasteiger partial charge in [0, 0.05) is 49.4 Å². The van der Waals surface area contributed by atoms with Gasteiger partial charge in [-0.3, -0.25) is 24.7 Å². The summed E-state index contributed by atoms with van der Waals surface area (Å²) in [6.45, 7) is 6.58. The molecule has 1 amide bonds. The van der Waals surface area contributed by atoms with E-state index in [1.165, 1.54) is 29.5 Å². The smallest absolute Gasteiger partial charge is 0.269 e. The van der Waals surface area contributed by atoms with Crippen LogP contribution >= 0.6 is 22.9 Å². The SMILES string of the molecule is Cc1c(Cl)ccc2sc(N(CCCN3CCOCC3)C(=O)/C=C/c3ccc([N+](=O)[O-])cc3)nc12. The van der Waals surface area contributed by atoms with Gasteiger partial charge in [-0.2, -0.15) is 0 Å². The van der Waals surface area contributed by atoms with Crippen LogP contribution in [0.3, 0.4) is 0 Å². The molecule has 1 aromatic heterocycles. The Hall–Kier alpha value is -2.85. The van der Waals surface area contributed by atoms with Crippen molar-refractivity contribution in [3.63, 3.8) is 0 Å². The fraction of sp³-hybridized carbons (Fsp3) is 0.333. The fourth-order valence-corrected chi connectivity index (χ4v) is 4.96. The van der Waals surface area contributed by atoms with E-state index in [2.05, 4.69) is 4.90 Å². The van der Waals surface area contributed by atoms with Crippen molar-refractivity contribution in [1.29, 1.82) is 0 Å². The number of morpholine rings is 1. The van der Waals surface area contributed by atoms with Crippen molar-refractivity contribution in [2.45, 2.75) is 13.3 Å². The summed E-state index contributed by atoms with van der Waals surface area (Å²) >= 11 is 7.73. The molecule has 3 aromatic rings. The Labute approximate surface area is 206 Å². The van der Waals surface area contributed by atoms with E-state index in [0.717, 1.165) is 55.0 Å². The number of rotatable bonds is 8. The minimum atomic E-state index is -0.448. The summed E-state index contributed by atoms with van der Waals surface area (Å²) in [4.78, 5) is 32.4. The quantitative estimate of drug-likeness (QED) is 0.247. The Kier molecular flexibility index (Phi) is 7.89. The van der Waals surface area contributed by atoms with Crippen LogP contribution < -0.4 is 4.90 Å². The lowest BCUT2D eigenvalue weighted by Gasteiger charge is -2.27. The summed E-state index contributed by atoms with van der Waals surface area (Å²) in [6.07, 6.45) is 3.95. The van der Waals surface area contributed by atoms with Crippen molar-refractivity contribution in [3.8, 4) is 0 Å². The van der Waals surface area contributed by atoms with Crippen LogP contribution in [0.4, 0.5) is 10.8 Å². The third-order valence-electron chi connectivity index (χ3n) is 5.72. The molecule has 1 aliphatic rings. The number of fused-ring (bicyclic) bond motifs is 1. The standard InChI is InChI=1S/C24H25ClN4O4S/c1-17-20(25)8-9-21-23(17)26-24(34-21)28(12-2-11-27-13-15-33-16-14-27)22(30)10-5-18-3-6-19(7-4-18)29(31)32/h3-10H,2,11-16H2,1H3/b10-5+. The lowest BCUT2D eigenvalue weighted by Crippen LogP contribution is -2.39. The number of nitrogens with zero attached hydrogens (tertiary/aromatic N) is 4. The van der Waals surface area contributed by atoms with E-state index in [4.69, 9.17) is 21.3 Å². The van der Waals surface area contributed by atoms with Crippen molar-refractivity contribution in [2.24, 2.45) is 0 Å². The number of halogens is 1. The molecule has 1 fully saturated rings. The first kappa shape index (κ1) is 24.3. The zero-order valence-corrected chi connectivity index (χ0v) is 20.3. The van der Waals surface area contributed by atoms with Crippen molar-refractivity contribution in [1.82, 2.24) is 9.88 Å². The highest BCUT2D eigenvalue weighted by Gasteiger charge is 2.20. The maximum absolute atomic E-state index is 13.2. The summed E-state index contributed by atoms with van der Waals surface area (Å²) in [6, 6.07) is 9.85. The number of nitro groups is 1. The number of hydrogen-bond acceptors (Lipinski definition) is 7. The number of non-ortho nitro benzene ring substituents is 1. The van der Waals surface area contributed by atoms with E-state index in [1.54, 1.807) is 23.1 Å². The zero-order chi connectivity index (χ0) is 24.1. The average molecular weight is 501 g/mol. The molecule has 0 N–H and O–H groups in total. The molecule has 0 unspecified atom stereocenters. The van der Waals surface area contributed by atoms with Crippen molar-refractivity contribution < 1.29 is 14.5 Å². The van der Waals surface area contributed by atoms with E-state index in [0.29, 0.717) is 22.3 Å². The van der Waals surface area contributed by atoms with E-state index in [-0.39, 0.29) is 11.6 Å². The molecule has 0 radical (unpaired) electrons. The van der Waals surface area contributed by atoms with E-state index >= 15 is 0 Å². The van der Waals surface area contributed by atoms with E-state index in [1.807, 2.05) is 19.1 Å². The number of aromatic nitrogens is 1. The van der Waals surface area contributed by atoms with Crippen LogP contribution in [0, 0.1) is 17.0 Å². The first-order valence-electron chi connectivity index (χ1n) is 11.0. The molecule has 0 saturated carbocycles. The summed E-state index contributed by atoms with van der Waals surface area (Å²) in [7, 11) is 0. The molecule has 10 heteroatoms. The Morgan fingerprint density at radius 1 is 1.26 bits per heavy atom. The van der Waals surface area contributed by atoms with Gasteiger partial charge in [-0.25, -0.2) is 4.98 Å². The molecule has 0 aliphatic carbocycles. The molecule has 0 spiro atoms. The summed E-state index contributed by atoms with van der Waals surface area (Å²) < 4.78 is 6.39. The molecule has 0 bridgehead atoms. The second-order valence-electron chi connectivity index (χ2n) is 7.99. The van der Waals surface area contributed by atoms with Gasteiger partial charge in [0.1, 0.15) is 0 Å². The number of aryl methyl sites for hydroxylation is 1. The molecule has 178 valence electrons. The second kappa shape index (κ2) is 11.1. The number of ether oxygens (including phenoxy) is 1. The van der Waals surface area contributed by atoms with Crippen molar-refractivity contribution in [2.75, 3.05) is 44.3 Å². The van der Waals surface area contributed by atoms with Gasteiger partial charge in [0.15, 0.2) is 5.13 Å². The zero-order valence-electron chi connectivity index (χ0n) is 18.8. The summed E-state index contributed by atoms with van der Waals surface area (Å²) in [5, 5.41) is 12.1. The molecule has 4 rings (SSSR count). The minimum Gasteiger partial charge on any atom is -0.379 e. The third-order valence-corrected chi connectivity index (χ3v) is 7.17. The first-order chi connectivity index (χ1) is 16.4. The van der Waals surface area contributed by atoms with Gasteiger partial charge in [-0.05, 0) is 54.8 Å². The van der Waals surface area contributed by atoms with Gasteiger partial charge in [0.05, 0.1) is 28.4 Å². The summed E-state index contributed by atoms with van der Waals surface area (Å²) in [5.74, 6) is -0.192. The minimum absolute atomic E-state index is 0.0109. The molecular formula is C24H25ClN4O4S. The van der Waals surface area contributed by atoms with Gasteiger partial charge >= 0.3 is 0 Å². The van der Waals surface area contributed by atoms with Gasteiger partial charge < -0.3 is 4.74 Å². The van der Waals surface area contributed by atoms with Gasteiger partial charge in [0.25, 0.3) is 11.6 Å². The Morgan fingerprint density at radius 2 is 2.00 bits per heavy atom. The van der Waals surface area contributed by atoms with Crippen LogP contribution in [0.25, 0.3) is 16.3 Å². The van der Waals surface area contributed by atoms with Crippen LogP contribution in [-0.2, 0) is 9.53 Å². The molecular weight excluding hydrogens is 476 g/mol. The summed E-state index contributed by atoms with van der Waals surface area (Å²) in [5.41, 5.74) is 2.41. The number of amides is 1. The van der Waals surface area contributed by atoms with Gasteiger partial charge in [0.2, 0.25) is 0 Å². The lowest BCUT2D eigenvalue weighted by molar-refractivity contribution is -0.384. The van der Waals surface area contributed by atoms with Gasteiger partial charge in [-0.15, -0.1) is 0 Å². The topological polar surface area (TPSA) is 88.8 Å². The Balaban J connectivity index is 1.54. The van der Waals surface area contributed by atoms with Crippen LogP contribution in [-0.4, -0.2) is 60.1 Å². The number of anilines is 1. The molecule has 8 nitrogen and oxygen atoms in total. The highest BCUT2D eigenvalue weighted by Crippen LogP contribution is 2.33. The fourth-order valence-electron chi connectivity index (χ4n) is 3.75. The van der Waals surface area contributed by atoms with Crippen LogP contribution in [0.5, 0.6) is 0 Å². The number of carbonyl (C=O) groups excluding carboxylic acids is 1. The Bertz CT molecular complexity index is 1210. The van der Waals surface area contributed by atoms with Crippen LogP contribution in [0.2, 0.25) is 5.02 Å². The predicted molar refractivity (Wildman–Crippen MR) is 136 cm³/mol. The highest BCUT2D eigenvalue weighted by atomic mass is 35.5. The molecule has 1 saturated heterocycles. The van der Waals surface area contributed by atoms with Crippen molar-refractivity contribution in [3.05, 3.63) is 68.7 Å². The molecule has 34 heavy (non-hydrogen) atoms. The van der Waals surface area contributed by atoms with Gasteiger partial charge in [-0.1, -0.05) is 22.9 Å². The van der Waals surface area contributed by atoms with Crippen LogP contribution in [0.15, 0.2) is 42.5 Å². The number of carbonyl (C=O) groups is 1. The average Bonchev–Trinajstić information content (AvgIpc) is 3.28. The molecule has 2 heterocycles. The maximum Gasteiger partial charge on any atom is 0.269 e. The lowest BCUT2D eigenvalue weighted by atomic mass is 10.2. The number of benzene rings is 2. The molecule has 2 aromatic carbocycles. The van der Waals surface area contributed by atoms with E-state index < -0.39 is 4.92 Å². The van der Waals surface area contributed by atoms with Crippen molar-refractivity contribution >= 4 is 56.0 Å². The maximum atomic E-state index is 13.2. The molecule has 0 atom stereocenters. The number of nitro benzene ring substituents is 1. The van der Waals surface area contributed by atoms with E-state index in [9.17, 15) is 14.9 Å². The number of thiazole rings is 1. The molecule has 1 aliphatic heterocycles. The Morgan fingerprint density at radius 3 is 2.71 bits per heavy atom. The highest BCUT2D eigenvalue weighted by molar-refractivity contribution is 7.22. The predicted octanol–water partition coefficient (Wildman–Crippen LogP) is 4.94. The second-order valence-corrected chi connectivity index (χ2v) is 9.41. The monoisotopic (exact) mass is 500 g/mol.